The summed E-state index contributed by atoms with van der Waals surface area (Å²) in [5.41, 5.74) is -1.13. The third kappa shape index (κ3) is 7.02. The smallest absolute Gasteiger partial charge is 0.390 e. The van der Waals surface area contributed by atoms with Crippen LogP contribution in [0.2, 0.25) is 0 Å². The van der Waals surface area contributed by atoms with Gasteiger partial charge in [0.1, 0.15) is 12.3 Å². The minimum Gasteiger partial charge on any atom is -0.390 e. The number of ether oxygens (including phenoxy) is 1. The van der Waals surface area contributed by atoms with Crippen LogP contribution in [0, 0.1) is 0 Å². The van der Waals surface area contributed by atoms with Gasteiger partial charge in [-0.2, -0.15) is 8.62 Å². The quantitative estimate of drug-likeness (QED) is 0.227. The second kappa shape index (κ2) is 9.25. The third-order valence-corrected chi connectivity index (χ3v) is 7.56. The average molecular weight is 496 g/mol. The molecule has 172 valence electrons. The van der Waals surface area contributed by atoms with E-state index in [9.17, 15) is 33.3 Å². The number of nitrogens with one attached hydrogen (secondary N) is 1. The van der Waals surface area contributed by atoms with Crippen LogP contribution in [0.15, 0.2) is 15.8 Å². The van der Waals surface area contributed by atoms with E-state index >= 15 is 0 Å². The van der Waals surface area contributed by atoms with Gasteiger partial charge in [0, 0.05) is 18.2 Å². The van der Waals surface area contributed by atoms with Crippen molar-refractivity contribution in [2.45, 2.75) is 38.2 Å². The number of rotatable bonds is 9. The number of H-pyrrole nitrogens is 1. The zero-order chi connectivity index (χ0) is 22.9. The van der Waals surface area contributed by atoms with Gasteiger partial charge in [-0.05, 0) is 6.42 Å². The number of aliphatic hydroxyl groups is 1. The Balaban J connectivity index is 2.05. The van der Waals surface area contributed by atoms with Gasteiger partial charge in [-0.1, -0.05) is 6.92 Å². The van der Waals surface area contributed by atoms with Crippen molar-refractivity contribution in [3.8, 4) is 0 Å². The topological polar surface area (TPSA) is 244 Å². The Morgan fingerprint density at radius 3 is 2.37 bits per heavy atom. The van der Waals surface area contributed by atoms with Gasteiger partial charge >= 0.3 is 29.2 Å². The number of hydrogen-bond donors (Lipinski definition) is 6. The van der Waals surface area contributed by atoms with Crippen LogP contribution in [0.4, 0.5) is 0 Å². The van der Waals surface area contributed by atoms with E-state index in [1.165, 1.54) is 6.20 Å². The molecule has 19 heteroatoms. The Labute approximate surface area is 167 Å². The molecular formula is C11H19N2O14P3. The van der Waals surface area contributed by atoms with Crippen molar-refractivity contribution >= 4 is 23.5 Å². The first kappa shape index (κ1) is 25.3. The zero-order valence-electron chi connectivity index (χ0n) is 15.1. The molecule has 5 atom stereocenters. The van der Waals surface area contributed by atoms with Gasteiger partial charge in [-0.3, -0.25) is 18.9 Å². The fourth-order valence-corrected chi connectivity index (χ4v) is 5.53. The first-order chi connectivity index (χ1) is 13.6. The second-order valence-electron chi connectivity index (χ2n) is 5.99. The van der Waals surface area contributed by atoms with Crippen molar-refractivity contribution < 1.29 is 56.3 Å². The molecule has 2 heterocycles. The number of hydrogen-bond acceptors (Lipinski definition) is 10. The van der Waals surface area contributed by atoms with Crippen molar-refractivity contribution in [1.29, 1.82) is 0 Å². The standard InChI is InChI=1S/C11H19N2O14P3/c1-2-6-4-13(11(16)12-10(6)15)9-3-7(14)8(25-9)5-24-29(20,21)27-30(22,23)26-28(17,18)19/h4,7-9,14H,2-3,5H2,1H3,(H,20,21)(H,22,23)(H,12,15,16)(H2,17,18,19)/t7?,8-,9-/m1/s1. The number of nitrogens with zero attached hydrogens (tertiary/aromatic N) is 1. The monoisotopic (exact) mass is 496 g/mol. The Morgan fingerprint density at radius 2 is 1.80 bits per heavy atom. The molecule has 1 aliphatic rings. The van der Waals surface area contributed by atoms with Crippen molar-refractivity contribution in [1.82, 2.24) is 9.55 Å². The van der Waals surface area contributed by atoms with Crippen molar-refractivity contribution in [3.63, 3.8) is 0 Å². The molecular weight excluding hydrogens is 477 g/mol. The molecule has 0 spiro atoms. The van der Waals surface area contributed by atoms with Crippen LogP contribution in [-0.2, 0) is 38.0 Å². The summed E-state index contributed by atoms with van der Waals surface area (Å²) in [4.78, 5) is 61.1. The predicted molar refractivity (Wildman–Crippen MR) is 95.1 cm³/mol. The van der Waals surface area contributed by atoms with Crippen molar-refractivity contribution in [2.75, 3.05) is 6.61 Å². The molecule has 1 aromatic rings. The van der Waals surface area contributed by atoms with Gasteiger partial charge in [0.15, 0.2) is 0 Å². The van der Waals surface area contributed by atoms with E-state index in [1.54, 1.807) is 6.92 Å². The van der Waals surface area contributed by atoms with Gasteiger partial charge in [-0.15, -0.1) is 0 Å². The van der Waals surface area contributed by atoms with Gasteiger partial charge in [0.25, 0.3) is 5.56 Å². The van der Waals surface area contributed by atoms with Crippen LogP contribution < -0.4 is 11.2 Å². The van der Waals surface area contributed by atoms with E-state index in [0.717, 1.165) is 4.57 Å². The fourth-order valence-electron chi connectivity index (χ4n) is 2.50. The highest BCUT2D eigenvalue weighted by molar-refractivity contribution is 7.66. The molecule has 1 saturated heterocycles. The lowest BCUT2D eigenvalue weighted by Gasteiger charge is -2.19. The van der Waals surface area contributed by atoms with E-state index in [2.05, 4.69) is 18.1 Å². The van der Waals surface area contributed by atoms with Crippen LogP contribution in [0.25, 0.3) is 0 Å². The van der Waals surface area contributed by atoms with E-state index < -0.39 is 59.8 Å². The minimum atomic E-state index is -5.68. The Bertz CT molecular complexity index is 1030. The summed E-state index contributed by atoms with van der Waals surface area (Å²) < 4.78 is 51.5. The maximum atomic E-state index is 12.0. The Morgan fingerprint density at radius 1 is 1.17 bits per heavy atom. The van der Waals surface area contributed by atoms with E-state index in [0.29, 0.717) is 6.42 Å². The molecule has 1 aliphatic heterocycles. The maximum Gasteiger partial charge on any atom is 0.490 e. The Kier molecular flexibility index (Phi) is 7.79. The fraction of sp³-hybridized carbons (Fsp3) is 0.636. The molecule has 0 bridgehead atoms. The number of aliphatic hydroxyl groups excluding tert-OH is 1. The molecule has 6 N–H and O–H groups in total. The summed E-state index contributed by atoms with van der Waals surface area (Å²) in [6, 6.07) is 0. The third-order valence-electron chi connectivity index (χ3n) is 3.75. The van der Waals surface area contributed by atoms with Crippen LogP contribution in [0.5, 0.6) is 0 Å². The normalized spacial score (nSPS) is 26.3. The van der Waals surface area contributed by atoms with Crippen LogP contribution >= 0.6 is 23.5 Å². The zero-order valence-corrected chi connectivity index (χ0v) is 17.8. The first-order valence-corrected chi connectivity index (χ1v) is 12.6. The first-order valence-electron chi connectivity index (χ1n) is 8.08. The average Bonchev–Trinajstić information content (AvgIpc) is 2.90. The van der Waals surface area contributed by atoms with Crippen LogP contribution in [0.3, 0.4) is 0 Å². The number of phosphoric acid groups is 3. The molecule has 16 nitrogen and oxygen atoms in total. The van der Waals surface area contributed by atoms with E-state index in [-0.39, 0.29) is 12.0 Å². The molecule has 1 aromatic heterocycles. The van der Waals surface area contributed by atoms with Gasteiger partial charge in [-0.25, -0.2) is 18.5 Å². The lowest BCUT2D eigenvalue weighted by atomic mass is 10.2. The predicted octanol–water partition coefficient (Wildman–Crippen LogP) is -0.909. The summed E-state index contributed by atoms with van der Waals surface area (Å²) in [5.74, 6) is 0. The SMILES string of the molecule is CCc1cn([C@H]2CC(O)[C@@H](COP(=O)(O)OP(=O)(O)OP(=O)(O)O)O2)c(=O)[nH]c1=O. The van der Waals surface area contributed by atoms with Crippen LogP contribution in [0.1, 0.15) is 25.1 Å². The highest BCUT2D eigenvalue weighted by Crippen LogP contribution is 2.66. The molecule has 30 heavy (non-hydrogen) atoms. The second-order valence-corrected chi connectivity index (χ2v) is 10.4. The number of aromatic amines is 1. The lowest BCUT2D eigenvalue weighted by Crippen LogP contribution is -2.34. The molecule has 0 amide bonds. The number of aromatic nitrogens is 2. The van der Waals surface area contributed by atoms with Gasteiger partial charge in [0.2, 0.25) is 0 Å². The summed E-state index contributed by atoms with van der Waals surface area (Å²) in [5, 5.41) is 10.0. The molecule has 0 aliphatic carbocycles. The number of aryl methyl sites for hydroxylation is 1. The minimum absolute atomic E-state index is 0.167. The summed E-state index contributed by atoms with van der Waals surface area (Å²) in [6.45, 7) is 0.801. The largest absolute Gasteiger partial charge is 0.490 e. The maximum absolute atomic E-state index is 12.0. The highest BCUT2D eigenvalue weighted by atomic mass is 31.3. The number of phosphoric ester groups is 1. The Hall–Kier alpha value is -0.990. The highest BCUT2D eigenvalue weighted by Gasteiger charge is 2.42. The summed E-state index contributed by atoms with van der Waals surface area (Å²) in [6.07, 6.45) is -2.30. The van der Waals surface area contributed by atoms with Crippen molar-refractivity contribution in [2.24, 2.45) is 0 Å². The molecule has 0 radical (unpaired) electrons. The van der Waals surface area contributed by atoms with Gasteiger partial charge in [0.05, 0.1) is 12.7 Å². The lowest BCUT2D eigenvalue weighted by molar-refractivity contribution is -0.0450. The van der Waals surface area contributed by atoms with Gasteiger partial charge < -0.3 is 29.4 Å². The molecule has 3 unspecified atom stereocenters. The summed E-state index contributed by atoms with van der Waals surface area (Å²) >= 11 is 0. The van der Waals surface area contributed by atoms with E-state index in [4.69, 9.17) is 19.4 Å². The molecule has 1 fully saturated rings. The summed E-state index contributed by atoms with van der Waals surface area (Å²) in [7, 11) is -16.6. The van der Waals surface area contributed by atoms with Crippen molar-refractivity contribution in [3.05, 3.63) is 32.6 Å². The van der Waals surface area contributed by atoms with E-state index in [1.807, 2.05) is 0 Å². The molecule has 2 rings (SSSR count). The molecule has 0 saturated carbocycles. The van der Waals surface area contributed by atoms with Crippen LogP contribution in [-0.4, -0.2) is 53.0 Å². The molecule has 0 aromatic carbocycles.